The molecule has 0 amide bonds. The van der Waals surface area contributed by atoms with Crippen LogP contribution in [0, 0.1) is 0 Å². The quantitative estimate of drug-likeness (QED) is 0.706. The predicted molar refractivity (Wildman–Crippen MR) is 92.8 cm³/mol. The Morgan fingerprint density at radius 1 is 1.04 bits per heavy atom. The first-order valence-electron chi connectivity index (χ1n) is 7.86. The molecular formula is C16H18N6O2. The van der Waals surface area contributed by atoms with Crippen LogP contribution < -0.4 is 21.0 Å². The van der Waals surface area contributed by atoms with Crippen LogP contribution in [0.5, 0.6) is 0 Å². The second kappa shape index (κ2) is 5.55. The van der Waals surface area contributed by atoms with Gasteiger partial charge in [-0.15, -0.1) is 0 Å². The number of benzene rings is 1. The highest BCUT2D eigenvalue weighted by Crippen LogP contribution is 2.24. The highest BCUT2D eigenvalue weighted by molar-refractivity contribution is 5.88. The van der Waals surface area contributed by atoms with Crippen molar-refractivity contribution < 1.29 is 0 Å². The second-order valence-electron chi connectivity index (χ2n) is 5.92. The van der Waals surface area contributed by atoms with Crippen LogP contribution in [0.3, 0.4) is 0 Å². The molecule has 0 bridgehead atoms. The van der Waals surface area contributed by atoms with Gasteiger partial charge in [-0.3, -0.25) is 4.79 Å². The SMILES string of the molecule is Cn1ccnc(N2CCN(c3cccc4[nH]c(=O)[nH]c34)CC2)c1=O. The number of imidazole rings is 1. The first-order valence-corrected chi connectivity index (χ1v) is 7.86. The topological polar surface area (TPSA) is 90.0 Å². The fourth-order valence-corrected chi connectivity index (χ4v) is 3.17. The zero-order valence-corrected chi connectivity index (χ0v) is 13.3. The van der Waals surface area contributed by atoms with E-state index in [4.69, 9.17) is 0 Å². The molecule has 0 spiro atoms. The van der Waals surface area contributed by atoms with Crippen molar-refractivity contribution in [2.24, 2.45) is 7.05 Å². The molecule has 1 aliphatic heterocycles. The van der Waals surface area contributed by atoms with Gasteiger partial charge in [-0.05, 0) is 12.1 Å². The molecule has 124 valence electrons. The Hall–Kier alpha value is -3.03. The highest BCUT2D eigenvalue weighted by Gasteiger charge is 2.22. The highest BCUT2D eigenvalue weighted by atomic mass is 16.1. The molecule has 1 saturated heterocycles. The van der Waals surface area contributed by atoms with Crippen molar-refractivity contribution in [2.45, 2.75) is 0 Å². The summed E-state index contributed by atoms with van der Waals surface area (Å²) in [6, 6.07) is 5.81. The van der Waals surface area contributed by atoms with Crippen LogP contribution >= 0.6 is 0 Å². The van der Waals surface area contributed by atoms with Gasteiger partial charge in [-0.2, -0.15) is 0 Å². The number of aryl methyl sites for hydroxylation is 1. The summed E-state index contributed by atoms with van der Waals surface area (Å²) in [5, 5.41) is 0. The number of hydrogen-bond acceptors (Lipinski definition) is 5. The largest absolute Gasteiger partial charge is 0.366 e. The minimum absolute atomic E-state index is 0.0805. The summed E-state index contributed by atoms with van der Waals surface area (Å²) in [7, 11) is 1.73. The zero-order valence-electron chi connectivity index (χ0n) is 13.3. The van der Waals surface area contributed by atoms with Crippen molar-refractivity contribution in [1.29, 1.82) is 0 Å². The standard InChI is InChI=1S/C16H18N6O2/c1-20-6-5-17-14(15(20)23)22-9-7-21(8-10-22)12-4-2-3-11-13(12)19-16(24)18-11/h2-6H,7-10H2,1H3,(H2,18,19,24). The van der Waals surface area contributed by atoms with E-state index in [0.29, 0.717) is 18.9 Å². The monoisotopic (exact) mass is 326 g/mol. The van der Waals surface area contributed by atoms with Gasteiger partial charge in [0, 0.05) is 45.6 Å². The van der Waals surface area contributed by atoms with E-state index in [-0.39, 0.29) is 11.2 Å². The first-order chi connectivity index (χ1) is 11.6. The number of anilines is 2. The Kier molecular flexibility index (Phi) is 3.37. The number of nitrogens with one attached hydrogen (secondary N) is 2. The molecule has 1 aliphatic rings. The molecule has 0 atom stereocenters. The molecule has 8 nitrogen and oxygen atoms in total. The van der Waals surface area contributed by atoms with Gasteiger partial charge in [0.2, 0.25) is 0 Å². The maximum Gasteiger partial charge on any atom is 0.323 e. The second-order valence-corrected chi connectivity index (χ2v) is 5.92. The Morgan fingerprint density at radius 3 is 2.58 bits per heavy atom. The lowest BCUT2D eigenvalue weighted by atomic mass is 10.2. The Balaban J connectivity index is 1.59. The predicted octanol–water partition coefficient (Wildman–Crippen LogP) is 0.276. The number of H-pyrrole nitrogens is 2. The fraction of sp³-hybridized carbons (Fsp3) is 0.312. The number of hydrogen-bond donors (Lipinski definition) is 2. The Labute approximate surface area is 137 Å². The minimum atomic E-state index is -0.201. The van der Waals surface area contributed by atoms with Gasteiger partial charge in [0.05, 0.1) is 16.7 Å². The molecule has 0 radical (unpaired) electrons. The third kappa shape index (κ3) is 2.36. The summed E-state index contributed by atoms with van der Waals surface area (Å²) < 4.78 is 1.54. The number of aromatic amines is 2. The van der Waals surface area contributed by atoms with Crippen molar-refractivity contribution in [3.8, 4) is 0 Å². The summed E-state index contributed by atoms with van der Waals surface area (Å²) >= 11 is 0. The van der Waals surface area contributed by atoms with Crippen LogP contribution in [-0.2, 0) is 7.05 Å². The maximum atomic E-state index is 12.2. The zero-order chi connectivity index (χ0) is 16.7. The Bertz CT molecular complexity index is 993. The number of aromatic nitrogens is 4. The van der Waals surface area contributed by atoms with Crippen LogP contribution in [0.25, 0.3) is 11.0 Å². The van der Waals surface area contributed by atoms with Crippen LogP contribution in [-0.4, -0.2) is 45.7 Å². The van der Waals surface area contributed by atoms with Crippen molar-refractivity contribution in [3.05, 3.63) is 51.4 Å². The van der Waals surface area contributed by atoms with Gasteiger partial charge in [0.1, 0.15) is 0 Å². The van der Waals surface area contributed by atoms with E-state index in [1.54, 1.807) is 24.0 Å². The van der Waals surface area contributed by atoms with Gasteiger partial charge < -0.3 is 24.3 Å². The van der Waals surface area contributed by atoms with Gasteiger partial charge in [0.15, 0.2) is 5.82 Å². The molecule has 1 aromatic carbocycles. The van der Waals surface area contributed by atoms with E-state index < -0.39 is 0 Å². The molecule has 1 fully saturated rings. The molecule has 2 N–H and O–H groups in total. The minimum Gasteiger partial charge on any atom is -0.366 e. The molecule has 0 aliphatic carbocycles. The first kappa shape index (κ1) is 14.6. The lowest BCUT2D eigenvalue weighted by Crippen LogP contribution is -2.48. The van der Waals surface area contributed by atoms with Crippen molar-refractivity contribution in [3.63, 3.8) is 0 Å². The third-order valence-electron chi connectivity index (χ3n) is 4.45. The molecule has 3 aromatic rings. The summed E-state index contributed by atoms with van der Waals surface area (Å²) in [6.07, 6.45) is 3.30. The maximum absolute atomic E-state index is 12.2. The van der Waals surface area contributed by atoms with E-state index in [1.807, 2.05) is 23.1 Å². The van der Waals surface area contributed by atoms with E-state index in [1.165, 1.54) is 0 Å². The third-order valence-corrected chi connectivity index (χ3v) is 4.45. The van der Waals surface area contributed by atoms with Crippen LogP contribution in [0.2, 0.25) is 0 Å². The molecule has 24 heavy (non-hydrogen) atoms. The molecule has 0 saturated carbocycles. The molecule has 0 unspecified atom stereocenters. The van der Waals surface area contributed by atoms with Crippen LogP contribution in [0.15, 0.2) is 40.2 Å². The van der Waals surface area contributed by atoms with Gasteiger partial charge >= 0.3 is 5.69 Å². The summed E-state index contributed by atoms with van der Waals surface area (Å²) in [5.41, 5.74) is 2.35. The van der Waals surface area contributed by atoms with E-state index in [0.717, 1.165) is 29.8 Å². The van der Waals surface area contributed by atoms with Crippen molar-refractivity contribution >= 4 is 22.5 Å². The smallest absolute Gasteiger partial charge is 0.323 e. The Morgan fingerprint density at radius 2 is 1.79 bits per heavy atom. The van der Waals surface area contributed by atoms with Crippen LogP contribution in [0.1, 0.15) is 0 Å². The average Bonchev–Trinajstić information content (AvgIpc) is 2.98. The number of fused-ring (bicyclic) bond motifs is 1. The van der Waals surface area contributed by atoms with E-state index >= 15 is 0 Å². The normalized spacial score (nSPS) is 15.2. The number of nitrogens with zero attached hydrogens (tertiary/aromatic N) is 4. The fourth-order valence-electron chi connectivity index (χ4n) is 3.17. The lowest BCUT2D eigenvalue weighted by Gasteiger charge is -2.36. The summed E-state index contributed by atoms with van der Waals surface area (Å²) in [6.45, 7) is 2.92. The summed E-state index contributed by atoms with van der Waals surface area (Å²) in [5.74, 6) is 0.493. The number of piperazine rings is 1. The lowest BCUT2D eigenvalue weighted by molar-refractivity contribution is 0.640. The van der Waals surface area contributed by atoms with E-state index in [9.17, 15) is 9.59 Å². The summed E-state index contributed by atoms with van der Waals surface area (Å²) in [4.78, 5) is 37.8. The molecule has 2 aromatic heterocycles. The van der Waals surface area contributed by atoms with Crippen molar-refractivity contribution in [1.82, 2.24) is 19.5 Å². The molecular weight excluding hydrogens is 308 g/mol. The van der Waals surface area contributed by atoms with Crippen molar-refractivity contribution in [2.75, 3.05) is 36.0 Å². The molecule has 4 rings (SSSR count). The van der Waals surface area contributed by atoms with Gasteiger partial charge in [-0.1, -0.05) is 6.07 Å². The van der Waals surface area contributed by atoms with Gasteiger partial charge in [0.25, 0.3) is 5.56 Å². The number of para-hydroxylation sites is 1. The van der Waals surface area contributed by atoms with Crippen LogP contribution in [0.4, 0.5) is 11.5 Å². The number of rotatable bonds is 2. The van der Waals surface area contributed by atoms with Gasteiger partial charge in [-0.25, -0.2) is 9.78 Å². The molecule has 8 heteroatoms. The molecule has 3 heterocycles. The van der Waals surface area contributed by atoms with E-state index in [2.05, 4.69) is 19.9 Å². The average molecular weight is 326 g/mol.